The van der Waals surface area contributed by atoms with Gasteiger partial charge in [-0.25, -0.2) is 0 Å². The van der Waals surface area contributed by atoms with E-state index in [0.29, 0.717) is 11.3 Å². The number of aliphatic hydroxyl groups excluding tert-OH is 1. The van der Waals surface area contributed by atoms with Crippen molar-refractivity contribution in [1.82, 2.24) is 0 Å². The van der Waals surface area contributed by atoms with Crippen molar-refractivity contribution in [3.05, 3.63) is 24.0 Å². The van der Waals surface area contributed by atoms with Crippen LogP contribution in [0.4, 0.5) is 0 Å². The summed E-state index contributed by atoms with van der Waals surface area (Å²) in [5, 5.41) is 10.7. The maximum absolute atomic E-state index is 10.7. The zero-order valence-corrected chi connectivity index (χ0v) is 12.9. The molecule has 110 valence electrons. The Morgan fingerprint density at radius 1 is 1.15 bits per heavy atom. The minimum atomic E-state index is 0.0823. The van der Waals surface area contributed by atoms with Crippen LogP contribution in [0.25, 0.3) is 0 Å². The van der Waals surface area contributed by atoms with Gasteiger partial charge in [0.15, 0.2) is 0 Å². The predicted molar refractivity (Wildman–Crippen MR) is 82.3 cm³/mol. The standard InChI is InChI=1S/C19H28O/c1-18-11-4-6-15(18)14-9-8-13-5-3-7-17(20)19(13,2)16(14)10-12-18/h4,6-7,13-16,20H,3,5,8-12H2,1-2H3/t13?,14-,15-,16-,18-,19-/m0/s1. The molecule has 1 N–H and O–H groups in total. The van der Waals surface area contributed by atoms with Crippen molar-refractivity contribution in [3.63, 3.8) is 0 Å². The second kappa shape index (κ2) is 4.15. The average Bonchev–Trinajstić information content (AvgIpc) is 2.82. The molecule has 1 nitrogen and oxygen atoms in total. The van der Waals surface area contributed by atoms with Gasteiger partial charge >= 0.3 is 0 Å². The molecule has 20 heavy (non-hydrogen) atoms. The molecule has 0 amide bonds. The van der Waals surface area contributed by atoms with Gasteiger partial charge < -0.3 is 5.11 Å². The lowest BCUT2D eigenvalue weighted by Crippen LogP contribution is -2.52. The van der Waals surface area contributed by atoms with E-state index < -0.39 is 0 Å². The first-order valence-corrected chi connectivity index (χ1v) is 8.62. The van der Waals surface area contributed by atoms with Crippen LogP contribution < -0.4 is 0 Å². The highest BCUT2D eigenvalue weighted by Gasteiger charge is 2.57. The Morgan fingerprint density at radius 2 is 2.00 bits per heavy atom. The van der Waals surface area contributed by atoms with Gasteiger partial charge in [-0.2, -0.15) is 0 Å². The van der Waals surface area contributed by atoms with Gasteiger partial charge in [0.2, 0.25) is 0 Å². The van der Waals surface area contributed by atoms with E-state index in [-0.39, 0.29) is 5.41 Å². The van der Waals surface area contributed by atoms with Crippen molar-refractivity contribution in [2.45, 2.75) is 58.8 Å². The molecule has 4 aliphatic rings. The Bertz CT molecular complexity index is 476. The number of rotatable bonds is 0. The summed E-state index contributed by atoms with van der Waals surface area (Å²) < 4.78 is 0. The van der Waals surface area contributed by atoms with E-state index in [0.717, 1.165) is 29.9 Å². The van der Waals surface area contributed by atoms with Crippen LogP contribution in [0.3, 0.4) is 0 Å². The second-order valence-electron chi connectivity index (χ2n) is 8.34. The fourth-order valence-corrected chi connectivity index (χ4v) is 6.34. The Morgan fingerprint density at radius 3 is 2.85 bits per heavy atom. The molecule has 1 heteroatoms. The molecular formula is C19H28O. The summed E-state index contributed by atoms with van der Waals surface area (Å²) in [7, 11) is 0. The Hall–Kier alpha value is -0.720. The van der Waals surface area contributed by atoms with Crippen molar-refractivity contribution >= 4 is 0 Å². The first-order chi connectivity index (χ1) is 9.56. The molecule has 0 radical (unpaired) electrons. The largest absolute Gasteiger partial charge is 0.512 e. The Labute approximate surface area is 123 Å². The van der Waals surface area contributed by atoms with E-state index in [1.807, 2.05) is 0 Å². The van der Waals surface area contributed by atoms with Crippen LogP contribution >= 0.6 is 0 Å². The van der Waals surface area contributed by atoms with Crippen LogP contribution in [0.2, 0.25) is 0 Å². The highest BCUT2D eigenvalue weighted by molar-refractivity contribution is 5.21. The molecule has 0 aromatic carbocycles. The van der Waals surface area contributed by atoms with Gasteiger partial charge in [-0.15, -0.1) is 0 Å². The van der Waals surface area contributed by atoms with Crippen molar-refractivity contribution in [2.24, 2.45) is 34.5 Å². The first kappa shape index (κ1) is 13.0. The number of fused-ring (bicyclic) bond motifs is 5. The maximum Gasteiger partial charge on any atom is 0.0947 e. The Kier molecular flexibility index (Phi) is 2.69. The van der Waals surface area contributed by atoms with Crippen LogP contribution in [-0.4, -0.2) is 5.11 Å². The molecule has 2 saturated carbocycles. The lowest BCUT2D eigenvalue weighted by atomic mass is 9.46. The van der Waals surface area contributed by atoms with Crippen LogP contribution in [0, 0.1) is 34.5 Å². The van der Waals surface area contributed by atoms with E-state index in [9.17, 15) is 5.11 Å². The van der Waals surface area contributed by atoms with Crippen molar-refractivity contribution in [3.8, 4) is 0 Å². The number of hydrogen-bond donors (Lipinski definition) is 1. The fraction of sp³-hybridized carbons (Fsp3) is 0.789. The molecule has 1 unspecified atom stereocenters. The minimum Gasteiger partial charge on any atom is -0.512 e. The van der Waals surface area contributed by atoms with Crippen molar-refractivity contribution < 1.29 is 5.11 Å². The SMILES string of the molecule is C[C@@]12CC=C[C@H]1[C@@H]1CCC3CCC=C(O)[C@]3(C)[C@H]1CC2. The van der Waals surface area contributed by atoms with Crippen LogP contribution in [-0.2, 0) is 0 Å². The molecular weight excluding hydrogens is 244 g/mol. The molecule has 0 spiro atoms. The molecule has 0 saturated heterocycles. The van der Waals surface area contributed by atoms with Crippen molar-refractivity contribution in [1.29, 1.82) is 0 Å². The van der Waals surface area contributed by atoms with Gasteiger partial charge in [0.25, 0.3) is 0 Å². The van der Waals surface area contributed by atoms with Gasteiger partial charge in [0.1, 0.15) is 0 Å². The molecule has 0 bridgehead atoms. The zero-order valence-electron chi connectivity index (χ0n) is 12.9. The molecule has 0 heterocycles. The predicted octanol–water partition coefficient (Wildman–Crippen LogP) is 5.25. The van der Waals surface area contributed by atoms with Gasteiger partial charge in [-0.1, -0.05) is 26.0 Å². The van der Waals surface area contributed by atoms with E-state index in [1.54, 1.807) is 0 Å². The second-order valence-corrected chi connectivity index (χ2v) is 8.34. The molecule has 0 aliphatic heterocycles. The molecule has 4 rings (SSSR count). The van der Waals surface area contributed by atoms with Gasteiger partial charge in [0, 0.05) is 5.41 Å². The molecule has 0 aromatic rings. The third kappa shape index (κ3) is 1.50. The molecule has 4 aliphatic carbocycles. The summed E-state index contributed by atoms with van der Waals surface area (Å²) >= 11 is 0. The van der Waals surface area contributed by atoms with Gasteiger partial charge in [0.05, 0.1) is 5.76 Å². The average molecular weight is 272 g/mol. The highest BCUT2D eigenvalue weighted by Crippen LogP contribution is 2.64. The third-order valence-corrected chi connectivity index (χ3v) is 7.61. The minimum absolute atomic E-state index is 0.0823. The number of allylic oxidation sites excluding steroid dienone is 4. The monoisotopic (exact) mass is 272 g/mol. The zero-order chi connectivity index (χ0) is 14.0. The fourth-order valence-electron chi connectivity index (χ4n) is 6.34. The first-order valence-electron chi connectivity index (χ1n) is 8.62. The lowest BCUT2D eigenvalue weighted by Gasteiger charge is -2.58. The summed E-state index contributed by atoms with van der Waals surface area (Å²) in [5.74, 6) is 3.74. The Balaban J connectivity index is 1.73. The lowest BCUT2D eigenvalue weighted by molar-refractivity contribution is -0.0815. The summed E-state index contributed by atoms with van der Waals surface area (Å²) in [6, 6.07) is 0. The topological polar surface area (TPSA) is 20.2 Å². The summed E-state index contributed by atoms with van der Waals surface area (Å²) in [5.41, 5.74) is 0.608. The number of aliphatic hydroxyl groups is 1. The van der Waals surface area contributed by atoms with Crippen LogP contribution in [0.1, 0.15) is 58.8 Å². The quantitative estimate of drug-likeness (QED) is 0.597. The number of hydrogen-bond acceptors (Lipinski definition) is 1. The van der Waals surface area contributed by atoms with E-state index in [1.165, 1.54) is 38.5 Å². The third-order valence-electron chi connectivity index (χ3n) is 7.61. The smallest absolute Gasteiger partial charge is 0.0947 e. The summed E-state index contributed by atoms with van der Waals surface area (Å²) in [4.78, 5) is 0. The summed E-state index contributed by atoms with van der Waals surface area (Å²) in [6.45, 7) is 4.87. The van der Waals surface area contributed by atoms with Crippen LogP contribution in [0.15, 0.2) is 24.0 Å². The van der Waals surface area contributed by atoms with E-state index in [2.05, 4.69) is 32.1 Å². The maximum atomic E-state index is 10.7. The highest BCUT2D eigenvalue weighted by atomic mass is 16.3. The van der Waals surface area contributed by atoms with E-state index >= 15 is 0 Å². The summed E-state index contributed by atoms with van der Waals surface area (Å²) in [6.07, 6.45) is 16.1. The molecule has 0 aromatic heterocycles. The van der Waals surface area contributed by atoms with Crippen LogP contribution in [0.5, 0.6) is 0 Å². The molecule has 2 fully saturated rings. The van der Waals surface area contributed by atoms with Gasteiger partial charge in [-0.05, 0) is 80.1 Å². The van der Waals surface area contributed by atoms with Crippen molar-refractivity contribution in [2.75, 3.05) is 0 Å². The van der Waals surface area contributed by atoms with Gasteiger partial charge in [-0.3, -0.25) is 0 Å². The normalized spacial score (nSPS) is 53.8. The van der Waals surface area contributed by atoms with E-state index in [4.69, 9.17) is 0 Å². The molecule has 6 atom stereocenters.